The van der Waals surface area contributed by atoms with Crippen molar-refractivity contribution in [1.82, 2.24) is 14.3 Å². The molecule has 2 N–H and O–H groups in total. The highest BCUT2D eigenvalue weighted by Gasteiger charge is 2.45. The molecule has 1 saturated heterocycles. The van der Waals surface area contributed by atoms with Gasteiger partial charge in [0.2, 0.25) is 15.9 Å². The van der Waals surface area contributed by atoms with E-state index in [0.29, 0.717) is 17.8 Å². The van der Waals surface area contributed by atoms with Gasteiger partial charge >= 0.3 is 5.97 Å². The summed E-state index contributed by atoms with van der Waals surface area (Å²) >= 11 is 0. The third kappa shape index (κ3) is 5.68. The average Bonchev–Trinajstić information content (AvgIpc) is 2.94. The number of carbonyl (C=O) groups is 2. The summed E-state index contributed by atoms with van der Waals surface area (Å²) in [7, 11) is -4.61. The second kappa shape index (κ2) is 11.7. The molecule has 1 unspecified atom stereocenters. The van der Waals surface area contributed by atoms with Crippen molar-refractivity contribution in [3.8, 4) is 5.75 Å². The summed E-state index contributed by atoms with van der Waals surface area (Å²) in [6.45, 7) is -0.348. The van der Waals surface area contributed by atoms with E-state index in [1.54, 1.807) is 6.20 Å². The number of nitrogens with zero attached hydrogens (tertiary/aromatic N) is 4. The molecule has 5 rings (SSSR count). The molecule has 0 spiro atoms. The van der Waals surface area contributed by atoms with Crippen molar-refractivity contribution in [1.29, 1.82) is 0 Å². The second-order valence-electron chi connectivity index (χ2n) is 10.3. The van der Waals surface area contributed by atoms with Crippen molar-refractivity contribution >= 4 is 27.6 Å². The highest BCUT2D eigenvalue weighted by Crippen LogP contribution is 2.34. The smallest absolute Gasteiger partial charge is 0.339 e. The van der Waals surface area contributed by atoms with Gasteiger partial charge in [-0.3, -0.25) is 14.8 Å². The van der Waals surface area contributed by atoms with Crippen molar-refractivity contribution in [2.75, 3.05) is 11.4 Å². The Kier molecular flexibility index (Phi) is 8.19. The van der Waals surface area contributed by atoms with Gasteiger partial charge in [-0.05, 0) is 43.5 Å². The zero-order chi connectivity index (χ0) is 30.2. The number of rotatable bonds is 8. The van der Waals surface area contributed by atoms with Gasteiger partial charge < -0.3 is 15.1 Å². The van der Waals surface area contributed by atoms with Crippen LogP contribution in [0.4, 0.5) is 18.9 Å². The quantitative estimate of drug-likeness (QED) is 0.362. The van der Waals surface area contributed by atoms with Crippen molar-refractivity contribution < 1.29 is 41.4 Å². The van der Waals surface area contributed by atoms with Crippen LogP contribution in [0.25, 0.3) is 0 Å². The number of aromatic carboxylic acids is 1. The molecule has 3 aromatic rings. The minimum absolute atomic E-state index is 0.0591. The van der Waals surface area contributed by atoms with E-state index < -0.39 is 61.6 Å². The zero-order valence-electron chi connectivity index (χ0n) is 22.2. The van der Waals surface area contributed by atoms with Gasteiger partial charge in [-0.25, -0.2) is 26.4 Å². The van der Waals surface area contributed by atoms with E-state index in [1.165, 1.54) is 18.7 Å². The molecule has 1 saturated carbocycles. The summed E-state index contributed by atoms with van der Waals surface area (Å²) in [6, 6.07) is 2.84. The number of carboxylic acid groups (broad SMARTS) is 1. The minimum atomic E-state index is -4.61. The van der Waals surface area contributed by atoms with E-state index >= 15 is 0 Å². The van der Waals surface area contributed by atoms with E-state index in [0.717, 1.165) is 52.7 Å². The maximum absolute atomic E-state index is 13.8. The molecule has 2 aliphatic rings. The first kappa shape index (κ1) is 29.5. The highest BCUT2D eigenvalue weighted by atomic mass is 32.2. The topological polar surface area (TPSA) is 141 Å². The maximum atomic E-state index is 13.8. The molecule has 2 heterocycles. The van der Waals surface area contributed by atoms with Gasteiger partial charge in [-0.1, -0.05) is 19.3 Å². The molecule has 1 aliphatic heterocycles. The van der Waals surface area contributed by atoms with E-state index in [2.05, 4.69) is 9.97 Å². The summed E-state index contributed by atoms with van der Waals surface area (Å²) in [5.74, 6) is -7.69. The van der Waals surface area contributed by atoms with Gasteiger partial charge in [0, 0.05) is 30.4 Å². The second-order valence-corrected chi connectivity index (χ2v) is 12.2. The fourth-order valence-corrected chi connectivity index (χ4v) is 6.93. The Morgan fingerprint density at radius 1 is 0.976 bits per heavy atom. The number of amides is 1. The molecule has 1 amide bonds. The Hall–Kier alpha value is -4.04. The first-order valence-corrected chi connectivity index (χ1v) is 14.8. The first-order valence-electron chi connectivity index (χ1n) is 13.3. The molecule has 0 bridgehead atoms. The molecule has 0 radical (unpaired) electrons. The molecule has 1 atom stereocenters. The number of carboxylic acids is 1. The van der Waals surface area contributed by atoms with Crippen LogP contribution in [0, 0.1) is 17.5 Å². The van der Waals surface area contributed by atoms with Crippen LogP contribution in [-0.4, -0.2) is 57.4 Å². The molecule has 14 heteroatoms. The number of halogens is 3. The molecule has 1 aliphatic carbocycles. The van der Waals surface area contributed by atoms with E-state index in [1.807, 2.05) is 0 Å². The van der Waals surface area contributed by atoms with Crippen LogP contribution in [0.3, 0.4) is 0 Å². The van der Waals surface area contributed by atoms with Crippen LogP contribution < -0.4 is 4.90 Å². The van der Waals surface area contributed by atoms with Crippen molar-refractivity contribution in [2.24, 2.45) is 0 Å². The van der Waals surface area contributed by atoms with Crippen LogP contribution >= 0.6 is 0 Å². The fraction of sp³-hybridized carbons (Fsp3) is 0.357. The number of hydrogen-bond acceptors (Lipinski definition) is 7. The van der Waals surface area contributed by atoms with Gasteiger partial charge in [0.1, 0.15) is 17.4 Å². The Morgan fingerprint density at radius 2 is 1.67 bits per heavy atom. The maximum Gasteiger partial charge on any atom is 0.339 e. The number of phenols is 1. The monoisotopic (exact) mass is 604 g/mol. The van der Waals surface area contributed by atoms with Gasteiger partial charge in [0.05, 0.1) is 29.0 Å². The van der Waals surface area contributed by atoms with Crippen LogP contribution in [0.1, 0.15) is 66.2 Å². The molecule has 2 aromatic carbocycles. The number of benzene rings is 2. The predicted molar refractivity (Wildman–Crippen MR) is 143 cm³/mol. The molecular formula is C28H27F3N4O6S. The summed E-state index contributed by atoms with van der Waals surface area (Å²) in [5.41, 5.74) is 0.829. The summed E-state index contributed by atoms with van der Waals surface area (Å²) in [4.78, 5) is 34.5. The van der Waals surface area contributed by atoms with Crippen LogP contribution in [-0.2, 0) is 21.4 Å². The number of hydrogen-bond donors (Lipinski definition) is 2. The van der Waals surface area contributed by atoms with E-state index in [4.69, 9.17) is 0 Å². The Labute approximate surface area is 239 Å². The first-order chi connectivity index (χ1) is 20.0. The number of aromatic nitrogens is 2. The molecule has 222 valence electrons. The number of aromatic hydroxyl groups is 1. The molecule has 10 nitrogen and oxygen atoms in total. The molecule has 1 aromatic heterocycles. The summed E-state index contributed by atoms with van der Waals surface area (Å²) in [6.07, 6.45) is 8.58. The van der Waals surface area contributed by atoms with Gasteiger partial charge in [0.25, 0.3) is 0 Å². The van der Waals surface area contributed by atoms with E-state index in [9.17, 15) is 41.4 Å². The molecule has 2 fully saturated rings. The van der Waals surface area contributed by atoms with E-state index in [-0.39, 0.29) is 31.1 Å². The number of anilines is 1. The number of sulfonamides is 1. The summed E-state index contributed by atoms with van der Waals surface area (Å²) < 4.78 is 68.2. The molecular weight excluding hydrogens is 577 g/mol. The van der Waals surface area contributed by atoms with Crippen LogP contribution in [0.2, 0.25) is 0 Å². The van der Waals surface area contributed by atoms with Gasteiger partial charge in [-0.2, -0.15) is 4.31 Å². The number of carbonyl (C=O) groups excluding carboxylic acids is 1. The van der Waals surface area contributed by atoms with Gasteiger partial charge in [-0.15, -0.1) is 0 Å². The standard InChI is InChI=1S/C28H27F3N4O6S/c29-21-11-19(12-22(30)26(21)31)42(40,41)35-9-8-24(35)27(37)34(18-6-7-20(28(38)39)25(36)10-18)15-17-13-33-23(14-32-17)16-4-2-1-3-5-16/h6-7,10-14,16,24,36H,1-5,8-9,15H2,(H,38,39). The van der Waals surface area contributed by atoms with Crippen molar-refractivity contribution in [3.05, 3.63) is 77.1 Å². The SMILES string of the molecule is O=C(O)c1ccc(N(Cc2cnc(C3CCCCC3)cn2)C(=O)C2CCN2S(=O)(=O)c2cc(F)c(F)c(F)c2)cc1O. The van der Waals surface area contributed by atoms with Gasteiger partial charge in [0.15, 0.2) is 17.5 Å². The average molecular weight is 605 g/mol. The predicted octanol–water partition coefficient (Wildman–Crippen LogP) is 4.34. The van der Waals surface area contributed by atoms with Crippen LogP contribution in [0.5, 0.6) is 5.75 Å². The Morgan fingerprint density at radius 3 is 2.21 bits per heavy atom. The van der Waals surface area contributed by atoms with Crippen molar-refractivity contribution in [2.45, 2.75) is 61.9 Å². The Bertz CT molecular complexity index is 1610. The van der Waals surface area contributed by atoms with Crippen molar-refractivity contribution in [3.63, 3.8) is 0 Å². The third-order valence-electron chi connectivity index (χ3n) is 7.68. The fourth-order valence-electron chi connectivity index (χ4n) is 5.28. The normalized spacial score (nSPS) is 17.9. The zero-order valence-corrected chi connectivity index (χ0v) is 23.0. The highest BCUT2D eigenvalue weighted by molar-refractivity contribution is 7.89. The lowest BCUT2D eigenvalue weighted by Crippen LogP contribution is -2.59. The lowest BCUT2D eigenvalue weighted by Gasteiger charge is -2.41. The lowest BCUT2D eigenvalue weighted by molar-refractivity contribution is -0.125. The summed E-state index contributed by atoms with van der Waals surface area (Å²) in [5, 5.41) is 19.6. The largest absolute Gasteiger partial charge is 0.507 e. The Balaban J connectivity index is 1.45. The lowest BCUT2D eigenvalue weighted by atomic mass is 9.87. The van der Waals surface area contributed by atoms with Crippen LogP contribution in [0.15, 0.2) is 47.6 Å². The minimum Gasteiger partial charge on any atom is -0.507 e. The third-order valence-corrected chi connectivity index (χ3v) is 9.56. The molecule has 42 heavy (non-hydrogen) atoms.